The van der Waals surface area contributed by atoms with E-state index < -0.39 is 6.10 Å². The minimum atomic E-state index is -0.488. The molecule has 1 aliphatic rings. The van der Waals surface area contributed by atoms with Crippen molar-refractivity contribution in [1.29, 1.82) is 0 Å². The zero-order valence-corrected chi connectivity index (χ0v) is 19.0. The topological polar surface area (TPSA) is 37.6 Å². The van der Waals surface area contributed by atoms with Crippen molar-refractivity contribution in [2.75, 3.05) is 13.2 Å². The molecule has 1 fully saturated rings. The van der Waals surface area contributed by atoms with Gasteiger partial charge in [-0.2, -0.15) is 0 Å². The molecule has 4 heteroatoms. The van der Waals surface area contributed by atoms with Gasteiger partial charge in [0.25, 0.3) is 0 Å². The van der Waals surface area contributed by atoms with Gasteiger partial charge >= 0.3 is 0 Å². The SMILES string of the molecule is O[C@@H](COCc1ccccc1)CN(Cc1cccn1Cc1ccccc1)C1CCCCC1. The van der Waals surface area contributed by atoms with Crippen molar-refractivity contribution in [1.82, 2.24) is 9.47 Å². The predicted molar refractivity (Wildman–Crippen MR) is 129 cm³/mol. The van der Waals surface area contributed by atoms with Crippen molar-refractivity contribution < 1.29 is 9.84 Å². The first-order valence-electron chi connectivity index (χ1n) is 12.0. The highest BCUT2D eigenvalue weighted by atomic mass is 16.5. The van der Waals surface area contributed by atoms with Crippen LogP contribution in [0.15, 0.2) is 79.0 Å². The van der Waals surface area contributed by atoms with Crippen LogP contribution in [-0.4, -0.2) is 39.9 Å². The molecule has 4 rings (SSSR count). The summed E-state index contributed by atoms with van der Waals surface area (Å²) in [6.45, 7) is 3.30. The van der Waals surface area contributed by atoms with E-state index in [9.17, 15) is 5.11 Å². The van der Waals surface area contributed by atoms with Crippen LogP contribution in [0.2, 0.25) is 0 Å². The Kier molecular flexibility index (Phi) is 8.55. The maximum absolute atomic E-state index is 10.8. The molecule has 0 bridgehead atoms. The van der Waals surface area contributed by atoms with Gasteiger partial charge in [-0.1, -0.05) is 79.9 Å². The number of aliphatic hydroxyl groups is 1. The van der Waals surface area contributed by atoms with Crippen LogP contribution in [0.25, 0.3) is 0 Å². The first kappa shape index (κ1) is 22.8. The second kappa shape index (κ2) is 12.0. The summed E-state index contributed by atoms with van der Waals surface area (Å²) in [4.78, 5) is 2.49. The second-order valence-corrected chi connectivity index (χ2v) is 8.99. The van der Waals surface area contributed by atoms with E-state index in [4.69, 9.17) is 4.74 Å². The highest BCUT2D eigenvalue weighted by Crippen LogP contribution is 2.25. The van der Waals surface area contributed by atoms with Crippen LogP contribution in [0.4, 0.5) is 0 Å². The standard InChI is InChI=1S/C28H36N2O2/c31-28(23-32-22-25-13-6-2-7-14-25)21-30(26-15-8-3-9-16-26)20-27-17-10-18-29(27)19-24-11-4-1-5-12-24/h1-2,4-7,10-14,17-18,26,28,31H,3,8-9,15-16,19-23H2/t28-/m1/s1. The molecule has 4 nitrogen and oxygen atoms in total. The first-order chi connectivity index (χ1) is 15.8. The summed E-state index contributed by atoms with van der Waals surface area (Å²) >= 11 is 0. The minimum absolute atomic E-state index is 0.364. The van der Waals surface area contributed by atoms with E-state index in [1.54, 1.807) is 0 Å². The van der Waals surface area contributed by atoms with E-state index in [-0.39, 0.29) is 0 Å². The molecule has 1 aromatic heterocycles. The van der Waals surface area contributed by atoms with Gasteiger partial charge in [-0.25, -0.2) is 0 Å². The van der Waals surface area contributed by atoms with Gasteiger partial charge in [0.15, 0.2) is 0 Å². The molecule has 3 aromatic rings. The molecule has 0 aliphatic heterocycles. The summed E-state index contributed by atoms with van der Waals surface area (Å²) in [6.07, 6.45) is 8.02. The number of nitrogens with zero attached hydrogens (tertiary/aromatic N) is 2. The Morgan fingerprint density at radius 2 is 1.56 bits per heavy atom. The zero-order valence-electron chi connectivity index (χ0n) is 19.0. The monoisotopic (exact) mass is 432 g/mol. The van der Waals surface area contributed by atoms with Crippen molar-refractivity contribution in [2.24, 2.45) is 0 Å². The van der Waals surface area contributed by atoms with Crippen LogP contribution in [-0.2, 0) is 24.4 Å². The van der Waals surface area contributed by atoms with Crippen molar-refractivity contribution in [2.45, 2.75) is 63.9 Å². The largest absolute Gasteiger partial charge is 0.389 e. The molecule has 1 aliphatic carbocycles. The van der Waals surface area contributed by atoms with E-state index in [2.05, 4.69) is 70.3 Å². The molecule has 0 unspecified atom stereocenters. The highest BCUT2D eigenvalue weighted by Gasteiger charge is 2.24. The van der Waals surface area contributed by atoms with Crippen molar-refractivity contribution in [3.8, 4) is 0 Å². The Balaban J connectivity index is 1.37. The Hall–Kier alpha value is -2.40. The molecule has 1 heterocycles. The first-order valence-corrected chi connectivity index (χ1v) is 12.0. The number of hydrogen-bond acceptors (Lipinski definition) is 3. The molecule has 0 saturated heterocycles. The molecule has 1 saturated carbocycles. The van der Waals surface area contributed by atoms with Crippen LogP contribution in [0, 0.1) is 0 Å². The summed E-state index contributed by atoms with van der Waals surface area (Å²) in [5.74, 6) is 0. The maximum Gasteiger partial charge on any atom is 0.0900 e. The average molecular weight is 433 g/mol. The lowest BCUT2D eigenvalue weighted by Gasteiger charge is -2.35. The number of benzene rings is 2. The molecule has 0 spiro atoms. The zero-order chi connectivity index (χ0) is 22.0. The van der Waals surface area contributed by atoms with Gasteiger partial charge in [0.1, 0.15) is 0 Å². The van der Waals surface area contributed by atoms with Gasteiger partial charge in [0, 0.05) is 37.6 Å². The number of hydrogen-bond donors (Lipinski definition) is 1. The molecule has 2 aromatic carbocycles. The van der Waals surface area contributed by atoms with E-state index >= 15 is 0 Å². The van der Waals surface area contributed by atoms with Crippen molar-refractivity contribution in [3.63, 3.8) is 0 Å². The molecule has 32 heavy (non-hydrogen) atoms. The maximum atomic E-state index is 10.8. The third-order valence-corrected chi connectivity index (χ3v) is 6.44. The Bertz CT molecular complexity index is 903. The molecule has 0 radical (unpaired) electrons. The van der Waals surface area contributed by atoms with Gasteiger partial charge in [0.05, 0.1) is 19.3 Å². The molecule has 170 valence electrons. The predicted octanol–water partition coefficient (Wildman–Crippen LogP) is 5.25. The average Bonchev–Trinajstić information content (AvgIpc) is 3.27. The third-order valence-electron chi connectivity index (χ3n) is 6.44. The number of aliphatic hydroxyl groups excluding tert-OH is 1. The lowest BCUT2D eigenvalue weighted by atomic mass is 9.94. The van der Waals surface area contributed by atoms with Gasteiger partial charge in [-0.05, 0) is 36.1 Å². The summed E-state index contributed by atoms with van der Waals surface area (Å²) in [6, 6.07) is 25.7. The summed E-state index contributed by atoms with van der Waals surface area (Å²) in [5.41, 5.74) is 3.75. The van der Waals surface area contributed by atoms with Gasteiger partial charge < -0.3 is 14.4 Å². The van der Waals surface area contributed by atoms with E-state index in [0.29, 0.717) is 25.8 Å². The number of rotatable bonds is 11. The molecule has 0 amide bonds. The highest BCUT2D eigenvalue weighted by molar-refractivity contribution is 5.18. The summed E-state index contributed by atoms with van der Waals surface area (Å²) in [7, 11) is 0. The molecular weight excluding hydrogens is 396 g/mol. The molecular formula is C28H36N2O2. The Morgan fingerprint density at radius 1 is 0.875 bits per heavy atom. The quantitative estimate of drug-likeness (QED) is 0.450. The molecule has 1 N–H and O–H groups in total. The van der Waals surface area contributed by atoms with Crippen molar-refractivity contribution >= 4 is 0 Å². The number of aromatic nitrogens is 1. The van der Waals surface area contributed by atoms with E-state index in [0.717, 1.165) is 18.7 Å². The van der Waals surface area contributed by atoms with Crippen LogP contribution in [0.3, 0.4) is 0 Å². The van der Waals surface area contributed by atoms with Crippen LogP contribution in [0.5, 0.6) is 0 Å². The summed E-state index contributed by atoms with van der Waals surface area (Å²) in [5, 5.41) is 10.8. The van der Waals surface area contributed by atoms with E-state index in [1.165, 1.54) is 43.4 Å². The van der Waals surface area contributed by atoms with E-state index in [1.807, 2.05) is 18.2 Å². The summed E-state index contributed by atoms with van der Waals surface area (Å²) < 4.78 is 8.16. The lowest BCUT2D eigenvalue weighted by Crippen LogP contribution is -2.42. The fourth-order valence-electron chi connectivity index (χ4n) is 4.73. The fraction of sp³-hybridized carbons (Fsp3) is 0.429. The van der Waals surface area contributed by atoms with Gasteiger partial charge in [-0.15, -0.1) is 0 Å². The van der Waals surface area contributed by atoms with Crippen LogP contribution < -0.4 is 0 Å². The van der Waals surface area contributed by atoms with Crippen LogP contribution in [0.1, 0.15) is 48.9 Å². The minimum Gasteiger partial charge on any atom is -0.389 e. The second-order valence-electron chi connectivity index (χ2n) is 8.99. The lowest BCUT2D eigenvalue weighted by molar-refractivity contribution is -0.00384. The van der Waals surface area contributed by atoms with Crippen LogP contribution >= 0.6 is 0 Å². The fourth-order valence-corrected chi connectivity index (χ4v) is 4.73. The Morgan fingerprint density at radius 3 is 2.28 bits per heavy atom. The number of ether oxygens (including phenoxy) is 1. The molecule has 1 atom stereocenters. The third kappa shape index (κ3) is 6.80. The smallest absolute Gasteiger partial charge is 0.0900 e. The van der Waals surface area contributed by atoms with Gasteiger partial charge in [-0.3, -0.25) is 4.90 Å². The van der Waals surface area contributed by atoms with Crippen molar-refractivity contribution in [3.05, 3.63) is 95.8 Å². The normalized spacial score (nSPS) is 15.8. The Labute approximate surface area is 192 Å². The van der Waals surface area contributed by atoms with Gasteiger partial charge in [0.2, 0.25) is 0 Å².